The van der Waals surface area contributed by atoms with E-state index in [0.717, 1.165) is 51.4 Å². The Kier molecular flexibility index (Phi) is 48.4. The van der Waals surface area contributed by atoms with E-state index >= 15 is 0 Å². The van der Waals surface area contributed by atoms with Gasteiger partial charge in [0.2, 0.25) is 0 Å². The maximum absolute atomic E-state index is 12.8. The normalized spacial score (nSPS) is 13.7. The summed E-state index contributed by atoms with van der Waals surface area (Å²) in [4.78, 5) is 35.7. The lowest BCUT2D eigenvalue weighted by molar-refractivity contribution is -0.870. The topological polar surface area (TPSA) is 108 Å². The van der Waals surface area contributed by atoms with Crippen LogP contribution in [0.15, 0.2) is 48.6 Å². The number of allylic oxidation sites excluding steroid dienone is 8. The van der Waals surface area contributed by atoms with Crippen molar-refractivity contribution in [3.05, 3.63) is 48.6 Å². The van der Waals surface area contributed by atoms with Crippen molar-refractivity contribution < 1.29 is 42.1 Å². The van der Waals surface area contributed by atoms with Gasteiger partial charge in [-0.15, -0.1) is 0 Å². The van der Waals surface area contributed by atoms with Crippen molar-refractivity contribution in [2.24, 2.45) is 0 Å². The lowest BCUT2D eigenvalue weighted by Crippen LogP contribution is -2.37. The predicted molar refractivity (Wildman–Crippen MR) is 289 cm³/mol. The largest absolute Gasteiger partial charge is 0.472 e. The Morgan fingerprint density at radius 2 is 0.794 bits per heavy atom. The molecule has 0 aliphatic rings. The monoisotopic (exact) mass is 979 g/mol. The maximum atomic E-state index is 12.8. The fourth-order valence-corrected chi connectivity index (χ4v) is 8.64. The van der Waals surface area contributed by atoms with E-state index in [0.29, 0.717) is 17.4 Å². The zero-order valence-electron chi connectivity index (χ0n) is 45.1. The highest BCUT2D eigenvalue weighted by atomic mass is 31.2. The average molecular weight is 979 g/mol. The minimum absolute atomic E-state index is 0.0301. The second kappa shape index (κ2) is 49.9. The number of unbranched alkanes of at least 4 members (excludes halogenated alkanes) is 30. The van der Waals surface area contributed by atoms with Crippen LogP contribution in [0.5, 0.6) is 0 Å². The van der Waals surface area contributed by atoms with Crippen LogP contribution in [0, 0.1) is 0 Å². The first-order valence-corrected chi connectivity index (χ1v) is 29.9. The molecular weight excluding hydrogens is 870 g/mol. The Morgan fingerprint density at radius 1 is 0.456 bits per heavy atom. The summed E-state index contributed by atoms with van der Waals surface area (Å²) < 4.78 is 34.5. The Hall–Kier alpha value is -2.03. The van der Waals surface area contributed by atoms with Gasteiger partial charge in [-0.05, 0) is 77.0 Å². The number of esters is 2. The van der Waals surface area contributed by atoms with Crippen LogP contribution in [0.2, 0.25) is 0 Å². The van der Waals surface area contributed by atoms with Crippen molar-refractivity contribution in [3.8, 4) is 0 Å². The summed E-state index contributed by atoms with van der Waals surface area (Å²) in [6.07, 6.45) is 61.7. The van der Waals surface area contributed by atoms with Crippen LogP contribution in [0.25, 0.3) is 0 Å². The summed E-state index contributed by atoms with van der Waals surface area (Å²) in [6, 6.07) is 0. The Morgan fingerprint density at radius 3 is 1.19 bits per heavy atom. The van der Waals surface area contributed by atoms with E-state index in [1.165, 1.54) is 173 Å². The molecule has 0 aliphatic heterocycles. The molecule has 0 aromatic carbocycles. The summed E-state index contributed by atoms with van der Waals surface area (Å²) in [5.74, 6) is -0.797. The standard InChI is InChI=1S/C58H108NO8P/c1-6-8-10-12-14-16-18-20-22-24-26-27-28-29-30-31-33-35-37-39-41-43-45-47-49-51-58(61)67-56(55-66-68(62,63)65-53-52-59(3,4)5)54-64-57(60)50-48-46-44-42-40-38-36-34-32-25-23-21-19-17-15-13-11-9-7-2/h18,20-21,23-24,26,28-29,56H,6-17,19,22,25,27,30-55H2,1-5H3/p+1/b20-18-,23-21-,26-24-,29-28-. The highest BCUT2D eigenvalue weighted by molar-refractivity contribution is 7.47. The second-order valence-electron chi connectivity index (χ2n) is 20.3. The van der Waals surface area contributed by atoms with E-state index in [4.69, 9.17) is 18.5 Å². The zero-order valence-corrected chi connectivity index (χ0v) is 46.0. The summed E-state index contributed by atoms with van der Waals surface area (Å²) in [5.41, 5.74) is 0. The molecule has 0 saturated carbocycles. The molecule has 0 aromatic heterocycles. The SMILES string of the molecule is CCCCCCC/C=C\C/C=C\C/C=C\CCCCCCCCCCCCC(=O)OC(COC(=O)CCCCCCCCCCC/C=C\CCCCCCCC)COP(=O)(O)OCC[N+](C)(C)C. The van der Waals surface area contributed by atoms with E-state index in [1.807, 2.05) is 21.1 Å². The molecule has 0 aromatic rings. The van der Waals surface area contributed by atoms with Gasteiger partial charge in [0.1, 0.15) is 19.8 Å². The van der Waals surface area contributed by atoms with E-state index in [9.17, 15) is 19.0 Å². The average Bonchev–Trinajstić information content (AvgIpc) is 3.30. The second-order valence-corrected chi connectivity index (χ2v) is 21.8. The molecule has 0 saturated heterocycles. The molecule has 2 unspecified atom stereocenters. The Bertz CT molecular complexity index is 1290. The van der Waals surface area contributed by atoms with E-state index in [-0.39, 0.29) is 32.0 Å². The number of rotatable bonds is 52. The molecule has 9 nitrogen and oxygen atoms in total. The molecule has 1 N–H and O–H groups in total. The molecule has 0 radical (unpaired) electrons. The first-order valence-electron chi connectivity index (χ1n) is 28.4. The van der Waals surface area contributed by atoms with Gasteiger partial charge < -0.3 is 18.9 Å². The molecule has 398 valence electrons. The molecule has 0 heterocycles. The fraction of sp³-hybridized carbons (Fsp3) is 0.828. The van der Waals surface area contributed by atoms with Gasteiger partial charge in [0.15, 0.2) is 6.10 Å². The van der Waals surface area contributed by atoms with Crippen LogP contribution in [0.1, 0.15) is 258 Å². The van der Waals surface area contributed by atoms with Gasteiger partial charge >= 0.3 is 19.8 Å². The van der Waals surface area contributed by atoms with Crippen molar-refractivity contribution in [2.75, 3.05) is 47.5 Å². The van der Waals surface area contributed by atoms with Crippen molar-refractivity contribution in [1.82, 2.24) is 0 Å². The number of ether oxygens (including phenoxy) is 2. The molecule has 0 spiro atoms. The third-order valence-electron chi connectivity index (χ3n) is 12.3. The number of carbonyl (C=O) groups is 2. The zero-order chi connectivity index (χ0) is 49.9. The lowest BCUT2D eigenvalue weighted by Gasteiger charge is -2.24. The summed E-state index contributed by atoms with van der Waals surface area (Å²) in [5, 5.41) is 0. The first kappa shape index (κ1) is 66.0. The van der Waals surface area contributed by atoms with Crippen molar-refractivity contribution in [1.29, 1.82) is 0 Å². The molecule has 0 aliphatic carbocycles. The maximum Gasteiger partial charge on any atom is 0.472 e. The highest BCUT2D eigenvalue weighted by Gasteiger charge is 2.27. The van der Waals surface area contributed by atoms with Crippen molar-refractivity contribution >= 4 is 19.8 Å². The minimum Gasteiger partial charge on any atom is -0.462 e. The molecular formula is C58H109NO8P+. The highest BCUT2D eigenvalue weighted by Crippen LogP contribution is 2.43. The third kappa shape index (κ3) is 53.3. The smallest absolute Gasteiger partial charge is 0.462 e. The van der Waals surface area contributed by atoms with Crippen LogP contribution < -0.4 is 0 Å². The van der Waals surface area contributed by atoms with Crippen LogP contribution in [0.4, 0.5) is 0 Å². The molecule has 2 atom stereocenters. The van der Waals surface area contributed by atoms with Crippen molar-refractivity contribution in [3.63, 3.8) is 0 Å². The Balaban J connectivity index is 4.19. The number of phosphoric ester groups is 1. The van der Waals surface area contributed by atoms with Crippen LogP contribution in [0.3, 0.4) is 0 Å². The summed E-state index contributed by atoms with van der Waals surface area (Å²) >= 11 is 0. The van der Waals surface area contributed by atoms with E-state index < -0.39 is 26.5 Å². The third-order valence-corrected chi connectivity index (χ3v) is 13.3. The molecule has 0 fully saturated rings. The van der Waals surface area contributed by atoms with Gasteiger partial charge in [0.25, 0.3) is 0 Å². The number of phosphoric acid groups is 1. The quantitative estimate of drug-likeness (QED) is 0.0211. The van der Waals surface area contributed by atoms with Gasteiger partial charge in [0, 0.05) is 12.8 Å². The van der Waals surface area contributed by atoms with Crippen LogP contribution >= 0.6 is 7.82 Å². The molecule has 0 rings (SSSR count). The number of hydrogen-bond acceptors (Lipinski definition) is 7. The van der Waals surface area contributed by atoms with E-state index in [1.54, 1.807) is 0 Å². The van der Waals surface area contributed by atoms with Gasteiger partial charge in [-0.25, -0.2) is 4.57 Å². The number of nitrogens with zero attached hydrogens (tertiary/aromatic N) is 1. The van der Waals surface area contributed by atoms with Gasteiger partial charge in [-0.1, -0.05) is 217 Å². The van der Waals surface area contributed by atoms with Gasteiger partial charge in [-0.2, -0.15) is 0 Å². The number of hydrogen-bond donors (Lipinski definition) is 1. The van der Waals surface area contributed by atoms with Gasteiger partial charge in [-0.3, -0.25) is 18.6 Å². The first-order chi connectivity index (χ1) is 33.0. The van der Waals surface area contributed by atoms with Crippen LogP contribution in [-0.2, 0) is 32.7 Å². The number of quaternary nitrogens is 1. The van der Waals surface area contributed by atoms with Crippen LogP contribution in [-0.4, -0.2) is 74.9 Å². The Labute approximate surface area is 420 Å². The fourth-order valence-electron chi connectivity index (χ4n) is 7.90. The number of carbonyl (C=O) groups excluding carboxylic acids is 2. The summed E-state index contributed by atoms with van der Waals surface area (Å²) in [6.45, 7) is 4.44. The molecule has 0 bridgehead atoms. The number of likely N-dealkylation sites (N-methyl/N-ethyl adjacent to an activating group) is 1. The predicted octanol–water partition coefficient (Wildman–Crippen LogP) is 17.4. The summed E-state index contributed by atoms with van der Waals surface area (Å²) in [7, 11) is 1.48. The molecule has 0 amide bonds. The minimum atomic E-state index is -4.39. The van der Waals surface area contributed by atoms with E-state index in [2.05, 4.69) is 62.5 Å². The van der Waals surface area contributed by atoms with Crippen molar-refractivity contribution in [2.45, 2.75) is 264 Å². The molecule has 68 heavy (non-hydrogen) atoms. The molecule has 10 heteroatoms. The lowest BCUT2D eigenvalue weighted by atomic mass is 10.0. The van der Waals surface area contributed by atoms with Gasteiger partial charge in [0.05, 0.1) is 27.7 Å².